The minimum Gasteiger partial charge on any atom is -0.326 e. The molecular weight excluding hydrogens is 229 g/mol. The molecule has 0 atom stereocenters. The highest BCUT2D eigenvalue weighted by Crippen LogP contribution is 2.15. The fourth-order valence-corrected chi connectivity index (χ4v) is 1.63. The summed E-state index contributed by atoms with van der Waals surface area (Å²) in [6.07, 6.45) is 3.46. The van der Waals surface area contributed by atoms with Crippen molar-refractivity contribution in [1.29, 1.82) is 0 Å². The van der Waals surface area contributed by atoms with Crippen molar-refractivity contribution in [3.63, 3.8) is 0 Å². The molecule has 0 radical (unpaired) electrons. The van der Waals surface area contributed by atoms with Crippen LogP contribution in [0.15, 0.2) is 30.6 Å². The first-order chi connectivity index (χ1) is 7.69. The molecule has 3 nitrogen and oxygen atoms in total. The van der Waals surface area contributed by atoms with Crippen LogP contribution >= 0.6 is 11.6 Å². The average Bonchev–Trinajstić information content (AvgIpc) is 2.71. The maximum Gasteiger partial charge on any atom is 0.128 e. The lowest BCUT2D eigenvalue weighted by Crippen LogP contribution is -2.02. The highest BCUT2D eigenvalue weighted by atomic mass is 35.5. The van der Waals surface area contributed by atoms with E-state index in [1.54, 1.807) is 23.1 Å². The second-order valence-electron chi connectivity index (χ2n) is 3.49. The van der Waals surface area contributed by atoms with Gasteiger partial charge in [-0.2, -0.15) is 5.10 Å². The summed E-state index contributed by atoms with van der Waals surface area (Å²) in [5.74, 6) is -0.283. The Balaban J connectivity index is 2.22. The first-order valence-electron chi connectivity index (χ1n) is 4.84. The number of aromatic nitrogens is 2. The summed E-state index contributed by atoms with van der Waals surface area (Å²) < 4.78 is 15.1. The van der Waals surface area contributed by atoms with E-state index in [0.29, 0.717) is 23.7 Å². The standard InChI is InChI=1S/C11H11ClFN3/c12-10-1-2-11(13)9(3-10)7-16-6-8(4-14)5-15-16/h1-3,5-6H,4,7,14H2. The van der Waals surface area contributed by atoms with Crippen molar-refractivity contribution < 1.29 is 4.39 Å². The fraction of sp³-hybridized carbons (Fsp3) is 0.182. The molecule has 84 valence electrons. The van der Waals surface area contributed by atoms with E-state index >= 15 is 0 Å². The topological polar surface area (TPSA) is 43.8 Å². The van der Waals surface area contributed by atoms with E-state index in [-0.39, 0.29) is 5.82 Å². The van der Waals surface area contributed by atoms with Crippen molar-refractivity contribution in [3.05, 3.63) is 52.6 Å². The molecule has 0 aliphatic heterocycles. The zero-order valence-corrected chi connectivity index (χ0v) is 9.28. The summed E-state index contributed by atoms with van der Waals surface area (Å²) in [5, 5.41) is 4.60. The van der Waals surface area contributed by atoms with Gasteiger partial charge < -0.3 is 5.73 Å². The average molecular weight is 240 g/mol. The van der Waals surface area contributed by atoms with Gasteiger partial charge in [0.2, 0.25) is 0 Å². The number of hydrogen-bond donors (Lipinski definition) is 1. The summed E-state index contributed by atoms with van der Waals surface area (Å²) >= 11 is 5.80. The lowest BCUT2D eigenvalue weighted by Gasteiger charge is -2.03. The Morgan fingerprint density at radius 2 is 2.25 bits per heavy atom. The molecular formula is C11H11ClFN3. The maximum atomic E-state index is 13.4. The molecule has 1 heterocycles. The zero-order chi connectivity index (χ0) is 11.5. The van der Waals surface area contributed by atoms with E-state index in [1.807, 2.05) is 0 Å². The number of halogens is 2. The van der Waals surface area contributed by atoms with Crippen molar-refractivity contribution in [2.45, 2.75) is 13.1 Å². The molecule has 2 aromatic rings. The monoisotopic (exact) mass is 239 g/mol. The summed E-state index contributed by atoms with van der Waals surface area (Å²) in [5.41, 5.74) is 6.89. The third-order valence-corrected chi connectivity index (χ3v) is 2.50. The molecule has 0 spiro atoms. The number of rotatable bonds is 3. The van der Waals surface area contributed by atoms with Crippen LogP contribution in [-0.4, -0.2) is 9.78 Å². The molecule has 0 amide bonds. The van der Waals surface area contributed by atoms with Gasteiger partial charge >= 0.3 is 0 Å². The largest absolute Gasteiger partial charge is 0.326 e. The predicted molar refractivity (Wildman–Crippen MR) is 60.6 cm³/mol. The molecule has 0 unspecified atom stereocenters. The highest BCUT2D eigenvalue weighted by molar-refractivity contribution is 6.30. The van der Waals surface area contributed by atoms with Crippen LogP contribution in [0.4, 0.5) is 4.39 Å². The molecule has 16 heavy (non-hydrogen) atoms. The maximum absolute atomic E-state index is 13.4. The van der Waals surface area contributed by atoms with E-state index in [9.17, 15) is 4.39 Å². The molecule has 1 aromatic carbocycles. The first-order valence-corrected chi connectivity index (χ1v) is 5.22. The van der Waals surface area contributed by atoms with Crippen LogP contribution in [0.5, 0.6) is 0 Å². The highest BCUT2D eigenvalue weighted by Gasteiger charge is 2.05. The van der Waals surface area contributed by atoms with Crippen LogP contribution in [0.3, 0.4) is 0 Å². The SMILES string of the molecule is NCc1cnn(Cc2cc(Cl)ccc2F)c1. The van der Waals surface area contributed by atoms with Crippen LogP contribution < -0.4 is 5.73 Å². The van der Waals surface area contributed by atoms with Gasteiger partial charge in [0.25, 0.3) is 0 Å². The van der Waals surface area contributed by atoms with E-state index in [2.05, 4.69) is 5.10 Å². The second-order valence-corrected chi connectivity index (χ2v) is 3.92. The molecule has 0 saturated carbocycles. The Morgan fingerprint density at radius 3 is 2.94 bits per heavy atom. The van der Waals surface area contributed by atoms with Gasteiger partial charge in [-0.05, 0) is 18.2 Å². The van der Waals surface area contributed by atoms with Gasteiger partial charge in [0.1, 0.15) is 5.82 Å². The molecule has 0 saturated heterocycles. The Kier molecular flexibility index (Phi) is 3.22. The minimum absolute atomic E-state index is 0.283. The first kappa shape index (κ1) is 11.1. The van der Waals surface area contributed by atoms with Crippen molar-refractivity contribution >= 4 is 11.6 Å². The van der Waals surface area contributed by atoms with Gasteiger partial charge in [0.05, 0.1) is 12.7 Å². The third kappa shape index (κ3) is 2.40. The number of hydrogen-bond acceptors (Lipinski definition) is 2. The normalized spacial score (nSPS) is 10.7. The van der Waals surface area contributed by atoms with Crippen LogP contribution in [-0.2, 0) is 13.1 Å². The smallest absolute Gasteiger partial charge is 0.128 e. The molecule has 0 fully saturated rings. The van der Waals surface area contributed by atoms with Gasteiger partial charge in [-0.25, -0.2) is 4.39 Å². The van der Waals surface area contributed by atoms with Crippen molar-refractivity contribution in [1.82, 2.24) is 9.78 Å². The molecule has 0 aliphatic carbocycles. The Labute approximate surface area is 97.6 Å². The Morgan fingerprint density at radius 1 is 1.44 bits per heavy atom. The Bertz CT molecular complexity index is 496. The van der Waals surface area contributed by atoms with Crippen LogP contribution in [0.1, 0.15) is 11.1 Å². The summed E-state index contributed by atoms with van der Waals surface area (Å²) in [4.78, 5) is 0. The van der Waals surface area contributed by atoms with E-state index < -0.39 is 0 Å². The lowest BCUT2D eigenvalue weighted by molar-refractivity contribution is 0.585. The molecule has 0 aliphatic rings. The molecule has 2 N–H and O–H groups in total. The van der Waals surface area contributed by atoms with Crippen molar-refractivity contribution in [3.8, 4) is 0 Å². The molecule has 2 rings (SSSR count). The van der Waals surface area contributed by atoms with Crippen molar-refractivity contribution in [2.75, 3.05) is 0 Å². The van der Waals surface area contributed by atoms with Crippen LogP contribution in [0, 0.1) is 5.82 Å². The third-order valence-electron chi connectivity index (χ3n) is 2.26. The van der Waals surface area contributed by atoms with E-state index in [4.69, 9.17) is 17.3 Å². The summed E-state index contributed by atoms with van der Waals surface area (Å²) in [7, 11) is 0. The Hall–Kier alpha value is -1.39. The van der Waals surface area contributed by atoms with Gasteiger partial charge in [0.15, 0.2) is 0 Å². The predicted octanol–water partition coefficient (Wildman–Crippen LogP) is 2.18. The van der Waals surface area contributed by atoms with Gasteiger partial charge in [0, 0.05) is 28.9 Å². The number of benzene rings is 1. The fourth-order valence-electron chi connectivity index (χ4n) is 1.44. The van der Waals surface area contributed by atoms with Crippen molar-refractivity contribution in [2.24, 2.45) is 5.73 Å². The summed E-state index contributed by atoms with van der Waals surface area (Å²) in [6, 6.07) is 4.47. The number of nitrogens with zero attached hydrogens (tertiary/aromatic N) is 2. The number of nitrogens with two attached hydrogens (primary N) is 1. The van der Waals surface area contributed by atoms with Gasteiger partial charge in [-0.3, -0.25) is 4.68 Å². The van der Waals surface area contributed by atoms with Gasteiger partial charge in [-0.15, -0.1) is 0 Å². The van der Waals surface area contributed by atoms with E-state index in [1.165, 1.54) is 12.1 Å². The molecule has 1 aromatic heterocycles. The second kappa shape index (κ2) is 4.63. The van der Waals surface area contributed by atoms with Crippen LogP contribution in [0.2, 0.25) is 5.02 Å². The molecule has 5 heteroatoms. The quantitative estimate of drug-likeness (QED) is 0.892. The zero-order valence-electron chi connectivity index (χ0n) is 8.53. The van der Waals surface area contributed by atoms with Crippen LogP contribution in [0.25, 0.3) is 0 Å². The minimum atomic E-state index is -0.283. The summed E-state index contributed by atoms with van der Waals surface area (Å²) in [6.45, 7) is 0.782. The molecule has 0 bridgehead atoms. The van der Waals surface area contributed by atoms with E-state index in [0.717, 1.165) is 5.56 Å². The van der Waals surface area contributed by atoms with Gasteiger partial charge in [-0.1, -0.05) is 11.6 Å². The lowest BCUT2D eigenvalue weighted by atomic mass is 10.2.